The van der Waals surface area contributed by atoms with Crippen molar-refractivity contribution in [2.45, 2.75) is 18.9 Å². The Bertz CT molecular complexity index is 497. The molecule has 1 aliphatic rings. The van der Waals surface area contributed by atoms with Gasteiger partial charge >= 0.3 is 0 Å². The Hall–Kier alpha value is -1.95. The fraction of sp³-hybridized carbons (Fsp3) is 0.500. The molecular formula is C14H21N3O3. The van der Waals surface area contributed by atoms with Gasteiger partial charge in [0.1, 0.15) is 11.4 Å². The number of rotatable bonds is 4. The van der Waals surface area contributed by atoms with E-state index in [1.54, 1.807) is 26.4 Å². The van der Waals surface area contributed by atoms with Crippen LogP contribution in [0.4, 0.5) is 11.4 Å². The van der Waals surface area contributed by atoms with Crippen molar-refractivity contribution in [1.29, 1.82) is 0 Å². The molecule has 1 heterocycles. The summed E-state index contributed by atoms with van der Waals surface area (Å²) < 4.78 is 10.7. The number of nitrogens with two attached hydrogens (primary N) is 2. The van der Waals surface area contributed by atoms with Crippen LogP contribution >= 0.6 is 0 Å². The number of anilines is 2. The van der Waals surface area contributed by atoms with Gasteiger partial charge in [0.15, 0.2) is 0 Å². The fourth-order valence-electron chi connectivity index (χ4n) is 2.58. The Morgan fingerprint density at radius 1 is 1.30 bits per heavy atom. The Kier molecular flexibility index (Phi) is 4.34. The van der Waals surface area contributed by atoms with Crippen LogP contribution in [0.2, 0.25) is 0 Å². The van der Waals surface area contributed by atoms with Crippen LogP contribution in [0.25, 0.3) is 0 Å². The third kappa shape index (κ3) is 2.80. The van der Waals surface area contributed by atoms with E-state index >= 15 is 0 Å². The minimum atomic E-state index is -0.514. The molecule has 1 aliphatic heterocycles. The molecule has 1 fully saturated rings. The quantitative estimate of drug-likeness (QED) is 0.802. The van der Waals surface area contributed by atoms with Crippen LogP contribution in [0.5, 0.6) is 5.75 Å². The highest BCUT2D eigenvalue weighted by molar-refractivity contribution is 5.96. The second kappa shape index (κ2) is 6.00. The summed E-state index contributed by atoms with van der Waals surface area (Å²) in [6.45, 7) is 1.68. The molecule has 1 aromatic carbocycles. The van der Waals surface area contributed by atoms with Gasteiger partial charge in [-0.05, 0) is 25.0 Å². The van der Waals surface area contributed by atoms with Gasteiger partial charge in [0.05, 0.1) is 18.9 Å². The zero-order chi connectivity index (χ0) is 14.7. The SMILES string of the molecule is COc1cc(C(N)=O)cc(N)c1N1CCC(OC)CC1. The molecule has 2 rings (SSSR count). The first-order valence-corrected chi connectivity index (χ1v) is 6.62. The van der Waals surface area contributed by atoms with E-state index in [2.05, 4.69) is 4.90 Å². The number of ether oxygens (including phenoxy) is 2. The highest BCUT2D eigenvalue weighted by Gasteiger charge is 2.23. The molecule has 110 valence electrons. The number of carbonyl (C=O) groups excluding carboxylic acids is 1. The number of primary amides is 1. The molecule has 20 heavy (non-hydrogen) atoms. The smallest absolute Gasteiger partial charge is 0.248 e. The average Bonchev–Trinajstić information content (AvgIpc) is 2.46. The van der Waals surface area contributed by atoms with E-state index in [0.29, 0.717) is 23.1 Å². The first-order chi connectivity index (χ1) is 9.56. The lowest BCUT2D eigenvalue weighted by Crippen LogP contribution is -2.37. The zero-order valence-electron chi connectivity index (χ0n) is 11.9. The van der Waals surface area contributed by atoms with Crippen LogP contribution in [-0.4, -0.2) is 39.3 Å². The molecule has 1 aromatic rings. The third-order valence-electron chi connectivity index (χ3n) is 3.70. The third-order valence-corrected chi connectivity index (χ3v) is 3.70. The number of benzene rings is 1. The minimum Gasteiger partial charge on any atom is -0.494 e. The molecule has 0 atom stereocenters. The Balaban J connectivity index is 2.29. The van der Waals surface area contributed by atoms with Gasteiger partial charge < -0.3 is 25.8 Å². The van der Waals surface area contributed by atoms with Gasteiger partial charge in [-0.1, -0.05) is 0 Å². The van der Waals surface area contributed by atoms with Crippen molar-refractivity contribution in [2.75, 3.05) is 37.9 Å². The van der Waals surface area contributed by atoms with Crippen molar-refractivity contribution in [2.24, 2.45) is 5.73 Å². The van der Waals surface area contributed by atoms with Crippen LogP contribution in [-0.2, 0) is 4.74 Å². The van der Waals surface area contributed by atoms with Gasteiger partial charge in [0, 0.05) is 25.8 Å². The molecule has 4 N–H and O–H groups in total. The van der Waals surface area contributed by atoms with Crippen molar-refractivity contribution >= 4 is 17.3 Å². The van der Waals surface area contributed by atoms with Crippen LogP contribution in [0, 0.1) is 0 Å². The van der Waals surface area contributed by atoms with E-state index < -0.39 is 5.91 Å². The van der Waals surface area contributed by atoms with E-state index in [1.807, 2.05) is 0 Å². The first kappa shape index (κ1) is 14.5. The predicted molar refractivity (Wildman–Crippen MR) is 78.2 cm³/mol. The summed E-state index contributed by atoms with van der Waals surface area (Å²) in [6, 6.07) is 3.24. The first-order valence-electron chi connectivity index (χ1n) is 6.62. The van der Waals surface area contributed by atoms with E-state index in [1.165, 1.54) is 0 Å². The van der Waals surface area contributed by atoms with Gasteiger partial charge in [-0.25, -0.2) is 0 Å². The highest BCUT2D eigenvalue weighted by atomic mass is 16.5. The molecule has 1 saturated heterocycles. The summed E-state index contributed by atoms with van der Waals surface area (Å²) in [5.74, 6) is 0.0642. The van der Waals surface area contributed by atoms with Crippen LogP contribution < -0.4 is 21.1 Å². The predicted octanol–water partition coefficient (Wildman–Crippen LogP) is 0.992. The summed E-state index contributed by atoms with van der Waals surface area (Å²) in [7, 11) is 3.29. The Morgan fingerprint density at radius 3 is 2.45 bits per heavy atom. The lowest BCUT2D eigenvalue weighted by atomic mass is 10.0. The van der Waals surface area contributed by atoms with Gasteiger partial charge in [-0.15, -0.1) is 0 Å². The second-order valence-electron chi connectivity index (χ2n) is 4.90. The van der Waals surface area contributed by atoms with Crippen molar-refractivity contribution < 1.29 is 14.3 Å². The van der Waals surface area contributed by atoms with Crippen molar-refractivity contribution in [3.63, 3.8) is 0 Å². The maximum Gasteiger partial charge on any atom is 0.248 e. The number of nitrogens with zero attached hydrogens (tertiary/aromatic N) is 1. The van der Waals surface area contributed by atoms with E-state index in [-0.39, 0.29) is 0 Å². The molecule has 0 spiro atoms. The van der Waals surface area contributed by atoms with Crippen LogP contribution in [0.1, 0.15) is 23.2 Å². The van der Waals surface area contributed by atoms with Crippen LogP contribution in [0.15, 0.2) is 12.1 Å². The number of hydrogen-bond acceptors (Lipinski definition) is 5. The molecule has 0 aromatic heterocycles. The number of methoxy groups -OCH3 is 2. The largest absolute Gasteiger partial charge is 0.494 e. The lowest BCUT2D eigenvalue weighted by Gasteiger charge is -2.34. The Morgan fingerprint density at radius 2 is 1.95 bits per heavy atom. The van der Waals surface area contributed by atoms with E-state index in [4.69, 9.17) is 20.9 Å². The summed E-state index contributed by atoms with van der Waals surface area (Å²) in [6.07, 6.45) is 2.18. The normalized spacial score (nSPS) is 16.2. The van der Waals surface area contributed by atoms with Crippen molar-refractivity contribution in [1.82, 2.24) is 0 Å². The molecule has 0 saturated carbocycles. The Labute approximate surface area is 118 Å². The molecule has 6 nitrogen and oxygen atoms in total. The highest BCUT2D eigenvalue weighted by Crippen LogP contribution is 2.37. The number of amides is 1. The lowest BCUT2D eigenvalue weighted by molar-refractivity contribution is 0.0818. The molecule has 0 unspecified atom stereocenters. The van der Waals surface area contributed by atoms with Gasteiger partial charge in [0.25, 0.3) is 0 Å². The molecule has 1 amide bonds. The molecule has 0 aliphatic carbocycles. The van der Waals surface area contributed by atoms with Crippen molar-refractivity contribution in [3.8, 4) is 5.75 Å². The average molecular weight is 279 g/mol. The minimum absolute atomic E-state index is 0.295. The molecular weight excluding hydrogens is 258 g/mol. The summed E-state index contributed by atoms with van der Waals surface area (Å²) in [5.41, 5.74) is 13.1. The number of piperidine rings is 1. The van der Waals surface area contributed by atoms with E-state index in [9.17, 15) is 4.79 Å². The topological polar surface area (TPSA) is 90.8 Å². The van der Waals surface area contributed by atoms with Gasteiger partial charge in [-0.3, -0.25) is 4.79 Å². The standard InChI is InChI=1S/C14H21N3O3/c1-19-10-3-5-17(6-4-10)13-11(15)7-9(14(16)18)8-12(13)20-2/h7-8,10H,3-6,15H2,1-2H3,(H2,16,18). The zero-order valence-corrected chi connectivity index (χ0v) is 11.9. The number of nitrogen functional groups attached to an aromatic ring is 1. The van der Waals surface area contributed by atoms with Gasteiger partial charge in [0.2, 0.25) is 5.91 Å². The molecule has 0 bridgehead atoms. The summed E-state index contributed by atoms with van der Waals surface area (Å²) in [5, 5.41) is 0. The maximum atomic E-state index is 11.3. The number of hydrogen-bond donors (Lipinski definition) is 2. The number of carbonyl (C=O) groups is 1. The van der Waals surface area contributed by atoms with Crippen LogP contribution in [0.3, 0.4) is 0 Å². The summed E-state index contributed by atoms with van der Waals surface area (Å²) >= 11 is 0. The second-order valence-corrected chi connectivity index (χ2v) is 4.90. The monoisotopic (exact) mass is 279 g/mol. The molecule has 0 radical (unpaired) electrons. The summed E-state index contributed by atoms with van der Waals surface area (Å²) in [4.78, 5) is 13.4. The van der Waals surface area contributed by atoms with Gasteiger partial charge in [-0.2, -0.15) is 0 Å². The molecule has 6 heteroatoms. The van der Waals surface area contributed by atoms with E-state index in [0.717, 1.165) is 31.6 Å². The fourth-order valence-corrected chi connectivity index (χ4v) is 2.58. The maximum absolute atomic E-state index is 11.3. The van der Waals surface area contributed by atoms with Crippen molar-refractivity contribution in [3.05, 3.63) is 17.7 Å².